The molecule has 0 spiro atoms. The third-order valence-corrected chi connectivity index (χ3v) is 1.24. The summed E-state index contributed by atoms with van der Waals surface area (Å²) in [6.45, 7) is 7.00. The van der Waals surface area contributed by atoms with E-state index in [0.717, 1.165) is 13.0 Å². The fourth-order valence-electron chi connectivity index (χ4n) is 0.826. The Labute approximate surface area is 63.5 Å². The molecule has 0 radical (unpaired) electrons. The molecule has 0 heterocycles. The van der Waals surface area contributed by atoms with Crippen LogP contribution < -0.4 is 11.1 Å². The first kappa shape index (κ1) is 9.50. The van der Waals surface area contributed by atoms with Gasteiger partial charge in [0.05, 0.1) is 0 Å². The first-order valence-corrected chi connectivity index (χ1v) is 3.82. The molecular weight excluding hydrogens is 124 g/mol. The van der Waals surface area contributed by atoms with Crippen LogP contribution in [0.2, 0.25) is 0 Å². The van der Waals surface area contributed by atoms with E-state index in [1.165, 1.54) is 5.70 Å². The van der Waals surface area contributed by atoms with Crippen LogP contribution in [0.25, 0.3) is 0 Å². The van der Waals surface area contributed by atoms with Gasteiger partial charge in [-0.15, -0.1) is 0 Å². The maximum Gasteiger partial charge on any atom is 0.0201 e. The zero-order valence-electron chi connectivity index (χ0n) is 7.15. The van der Waals surface area contributed by atoms with Gasteiger partial charge >= 0.3 is 0 Å². The quantitative estimate of drug-likeness (QED) is 0.619. The van der Waals surface area contributed by atoms with Gasteiger partial charge in [0.2, 0.25) is 0 Å². The lowest BCUT2D eigenvalue weighted by Gasteiger charge is -2.12. The van der Waals surface area contributed by atoms with Crippen LogP contribution in [0.3, 0.4) is 0 Å². The summed E-state index contributed by atoms with van der Waals surface area (Å²) < 4.78 is 0. The molecule has 10 heavy (non-hydrogen) atoms. The predicted octanol–water partition coefficient (Wildman–Crippen LogP) is 1.24. The first-order chi connectivity index (χ1) is 4.70. The van der Waals surface area contributed by atoms with Gasteiger partial charge in [-0.3, -0.25) is 0 Å². The average Bonchev–Trinajstić information content (AvgIpc) is 1.86. The summed E-state index contributed by atoms with van der Waals surface area (Å²) in [4.78, 5) is 0. The lowest BCUT2D eigenvalue weighted by atomic mass is 10.2. The van der Waals surface area contributed by atoms with Gasteiger partial charge in [0.15, 0.2) is 0 Å². The molecule has 0 fully saturated rings. The highest BCUT2D eigenvalue weighted by Crippen LogP contribution is 1.95. The van der Waals surface area contributed by atoms with Crippen LogP contribution in [0.1, 0.15) is 27.2 Å². The van der Waals surface area contributed by atoms with Crippen molar-refractivity contribution in [1.82, 2.24) is 5.32 Å². The molecule has 0 unspecified atom stereocenters. The van der Waals surface area contributed by atoms with E-state index in [9.17, 15) is 0 Å². The number of nitrogens with two attached hydrogens (primary N) is 1. The lowest BCUT2D eigenvalue weighted by Crippen LogP contribution is -2.23. The maximum absolute atomic E-state index is 5.40. The van der Waals surface area contributed by atoms with Crippen LogP contribution in [-0.2, 0) is 0 Å². The van der Waals surface area contributed by atoms with E-state index in [-0.39, 0.29) is 0 Å². The zero-order valence-corrected chi connectivity index (χ0v) is 7.15. The molecule has 0 bridgehead atoms. The van der Waals surface area contributed by atoms with Crippen molar-refractivity contribution in [3.05, 3.63) is 11.8 Å². The van der Waals surface area contributed by atoms with E-state index in [4.69, 9.17) is 5.73 Å². The molecule has 60 valence electrons. The van der Waals surface area contributed by atoms with Gasteiger partial charge in [-0.2, -0.15) is 0 Å². The van der Waals surface area contributed by atoms with E-state index in [2.05, 4.69) is 25.2 Å². The number of allylic oxidation sites excluding steroid dienone is 1. The van der Waals surface area contributed by atoms with E-state index < -0.39 is 0 Å². The largest absolute Gasteiger partial charge is 0.386 e. The fraction of sp³-hybridized carbons (Fsp3) is 0.750. The Morgan fingerprint density at radius 3 is 2.50 bits per heavy atom. The Hall–Kier alpha value is -0.500. The van der Waals surface area contributed by atoms with Crippen LogP contribution in [0.15, 0.2) is 11.8 Å². The number of hydrogen-bond donors (Lipinski definition) is 2. The molecule has 0 aliphatic heterocycles. The molecule has 0 saturated carbocycles. The van der Waals surface area contributed by atoms with Crippen molar-refractivity contribution in [2.45, 2.75) is 33.2 Å². The standard InChI is InChI=1S/C8H18N2/c1-4-8(5-6-9)10-7(2)3/h4,7,10H,5-6,9H2,1-3H3/b8-4-. The normalized spacial score (nSPS) is 12.3. The molecule has 3 N–H and O–H groups in total. The van der Waals surface area contributed by atoms with Crippen molar-refractivity contribution < 1.29 is 0 Å². The van der Waals surface area contributed by atoms with Gasteiger partial charge in [0.1, 0.15) is 0 Å². The topological polar surface area (TPSA) is 38.0 Å². The van der Waals surface area contributed by atoms with Crippen molar-refractivity contribution in [1.29, 1.82) is 0 Å². The lowest BCUT2D eigenvalue weighted by molar-refractivity contribution is 0.642. The number of rotatable bonds is 4. The van der Waals surface area contributed by atoms with E-state index in [0.29, 0.717) is 6.04 Å². The molecule has 0 aliphatic rings. The highest BCUT2D eigenvalue weighted by molar-refractivity contribution is 4.98. The van der Waals surface area contributed by atoms with Crippen molar-refractivity contribution in [2.24, 2.45) is 5.73 Å². The highest BCUT2D eigenvalue weighted by Gasteiger charge is 1.94. The zero-order chi connectivity index (χ0) is 7.98. The van der Waals surface area contributed by atoms with Crippen LogP contribution in [0, 0.1) is 0 Å². The van der Waals surface area contributed by atoms with Crippen molar-refractivity contribution in [3.63, 3.8) is 0 Å². The Kier molecular flexibility index (Phi) is 5.03. The van der Waals surface area contributed by atoms with Crippen molar-refractivity contribution in [3.8, 4) is 0 Å². The van der Waals surface area contributed by atoms with E-state index in [1.807, 2.05) is 6.92 Å². The summed E-state index contributed by atoms with van der Waals surface area (Å²) in [7, 11) is 0. The van der Waals surface area contributed by atoms with Crippen molar-refractivity contribution in [2.75, 3.05) is 6.54 Å². The smallest absolute Gasteiger partial charge is 0.0201 e. The molecule has 0 aromatic heterocycles. The summed E-state index contributed by atoms with van der Waals surface area (Å²) in [5, 5.41) is 3.31. The number of hydrogen-bond acceptors (Lipinski definition) is 2. The maximum atomic E-state index is 5.40. The van der Waals surface area contributed by atoms with Crippen molar-refractivity contribution >= 4 is 0 Å². The summed E-state index contributed by atoms with van der Waals surface area (Å²) >= 11 is 0. The minimum atomic E-state index is 0.512. The first-order valence-electron chi connectivity index (χ1n) is 3.82. The SMILES string of the molecule is C/C=C(/CCN)NC(C)C. The molecule has 0 aliphatic carbocycles. The summed E-state index contributed by atoms with van der Waals surface area (Å²) in [5.74, 6) is 0. The monoisotopic (exact) mass is 142 g/mol. The molecule has 0 rings (SSSR count). The second-order valence-electron chi connectivity index (χ2n) is 2.65. The molecular formula is C8H18N2. The predicted molar refractivity (Wildman–Crippen MR) is 45.7 cm³/mol. The second kappa shape index (κ2) is 5.30. The van der Waals surface area contributed by atoms with Crippen LogP contribution >= 0.6 is 0 Å². The van der Waals surface area contributed by atoms with Gasteiger partial charge in [0, 0.05) is 11.7 Å². The molecule has 0 amide bonds. The molecule has 2 nitrogen and oxygen atoms in total. The third-order valence-electron chi connectivity index (χ3n) is 1.24. The van der Waals surface area contributed by atoms with Crippen LogP contribution in [0.5, 0.6) is 0 Å². The van der Waals surface area contributed by atoms with Gasteiger partial charge in [-0.25, -0.2) is 0 Å². The van der Waals surface area contributed by atoms with Gasteiger partial charge in [-0.1, -0.05) is 6.08 Å². The average molecular weight is 142 g/mol. The molecule has 2 heteroatoms. The summed E-state index contributed by atoms with van der Waals surface area (Å²) in [6, 6.07) is 0.512. The number of nitrogens with one attached hydrogen (secondary N) is 1. The Morgan fingerprint density at radius 2 is 2.20 bits per heavy atom. The second-order valence-corrected chi connectivity index (χ2v) is 2.65. The minimum Gasteiger partial charge on any atom is -0.386 e. The molecule has 0 aromatic rings. The van der Waals surface area contributed by atoms with Crippen LogP contribution in [0.4, 0.5) is 0 Å². The van der Waals surface area contributed by atoms with E-state index in [1.54, 1.807) is 0 Å². The highest BCUT2D eigenvalue weighted by atomic mass is 14.9. The van der Waals surface area contributed by atoms with Gasteiger partial charge in [0.25, 0.3) is 0 Å². The Balaban J connectivity index is 3.62. The molecule has 0 atom stereocenters. The molecule has 0 saturated heterocycles. The van der Waals surface area contributed by atoms with Gasteiger partial charge in [-0.05, 0) is 33.7 Å². The Morgan fingerprint density at radius 1 is 1.60 bits per heavy atom. The fourth-order valence-corrected chi connectivity index (χ4v) is 0.826. The summed E-state index contributed by atoms with van der Waals surface area (Å²) in [5.41, 5.74) is 6.65. The molecule has 0 aromatic carbocycles. The van der Waals surface area contributed by atoms with E-state index >= 15 is 0 Å². The van der Waals surface area contributed by atoms with Gasteiger partial charge < -0.3 is 11.1 Å². The van der Waals surface area contributed by atoms with Crippen LogP contribution in [-0.4, -0.2) is 12.6 Å². The minimum absolute atomic E-state index is 0.512. The Bertz CT molecular complexity index is 106. The summed E-state index contributed by atoms with van der Waals surface area (Å²) in [6.07, 6.45) is 3.03. The third kappa shape index (κ3) is 4.39.